The van der Waals surface area contributed by atoms with Crippen LogP contribution in [-0.4, -0.2) is 11.5 Å². The van der Waals surface area contributed by atoms with Gasteiger partial charge in [-0.1, -0.05) is 20.8 Å². The van der Waals surface area contributed by atoms with Crippen molar-refractivity contribution in [3.8, 4) is 0 Å². The maximum atomic E-state index is 6.06. The number of nitrogens with two attached hydrogens (primary N) is 1. The zero-order valence-corrected chi connectivity index (χ0v) is 11.2. The summed E-state index contributed by atoms with van der Waals surface area (Å²) in [7, 11) is 0. The summed E-state index contributed by atoms with van der Waals surface area (Å²) in [4.78, 5) is 4.24. The third-order valence-electron chi connectivity index (χ3n) is 3.97. The molecule has 3 heteroatoms. The number of hydrogen-bond acceptors (Lipinski definition) is 3. The van der Waals surface area contributed by atoms with Crippen LogP contribution in [-0.2, 0) is 0 Å². The lowest BCUT2D eigenvalue weighted by atomic mass is 9.94. The first-order valence-electron chi connectivity index (χ1n) is 6.41. The van der Waals surface area contributed by atoms with Crippen LogP contribution in [0.5, 0.6) is 0 Å². The van der Waals surface area contributed by atoms with Crippen LogP contribution in [0.15, 0.2) is 12.3 Å². The molecule has 0 saturated heterocycles. The Balaban J connectivity index is 2.33. The van der Waals surface area contributed by atoms with E-state index in [1.165, 1.54) is 17.5 Å². The molecule has 1 saturated carbocycles. The van der Waals surface area contributed by atoms with E-state index in [9.17, 15) is 0 Å². The quantitative estimate of drug-likeness (QED) is 0.840. The van der Waals surface area contributed by atoms with Crippen LogP contribution in [0.2, 0.25) is 0 Å². The zero-order valence-electron chi connectivity index (χ0n) is 11.2. The highest BCUT2D eigenvalue weighted by atomic mass is 15.0. The van der Waals surface area contributed by atoms with Crippen LogP contribution >= 0.6 is 0 Å². The molecule has 2 unspecified atom stereocenters. The zero-order chi connectivity index (χ0) is 12.6. The van der Waals surface area contributed by atoms with Crippen molar-refractivity contribution in [3.63, 3.8) is 0 Å². The summed E-state index contributed by atoms with van der Waals surface area (Å²) in [6, 6.07) is 2.40. The van der Waals surface area contributed by atoms with Crippen LogP contribution < -0.4 is 11.1 Å². The minimum atomic E-state index is 0.351. The van der Waals surface area contributed by atoms with Gasteiger partial charge in [-0.05, 0) is 42.9 Å². The molecule has 2 rings (SSSR count). The van der Waals surface area contributed by atoms with Crippen LogP contribution in [0, 0.1) is 18.3 Å². The summed E-state index contributed by atoms with van der Waals surface area (Å²) < 4.78 is 0. The number of nitrogens with one attached hydrogen (secondary N) is 1. The average molecular weight is 233 g/mol. The lowest BCUT2D eigenvalue weighted by molar-refractivity contribution is 0.422. The van der Waals surface area contributed by atoms with Crippen molar-refractivity contribution in [1.82, 2.24) is 10.3 Å². The van der Waals surface area contributed by atoms with Gasteiger partial charge in [-0.25, -0.2) is 4.98 Å². The molecule has 0 radical (unpaired) electrons. The number of aryl methyl sites for hydroxylation is 1. The smallest absolute Gasteiger partial charge is 0.128 e. The van der Waals surface area contributed by atoms with Gasteiger partial charge in [0, 0.05) is 17.8 Å². The standard InChI is InChI=1S/C14H23N3/c1-5-16-12(10-8-14(10,3)4)11-9(2)6-7-17-13(11)15/h6-7,10,12,16H,5,8H2,1-4H3,(H2,15,17). The minimum Gasteiger partial charge on any atom is -0.383 e. The summed E-state index contributed by atoms with van der Waals surface area (Å²) in [5.74, 6) is 1.35. The molecule has 94 valence electrons. The average Bonchev–Trinajstić information content (AvgIpc) is 2.86. The van der Waals surface area contributed by atoms with E-state index in [1.807, 2.05) is 6.07 Å². The molecule has 1 aliphatic carbocycles. The Morgan fingerprint density at radius 1 is 1.59 bits per heavy atom. The molecule has 3 N–H and O–H groups in total. The molecule has 1 aromatic heterocycles. The van der Waals surface area contributed by atoms with Crippen molar-refractivity contribution in [2.45, 2.75) is 40.2 Å². The van der Waals surface area contributed by atoms with Crippen molar-refractivity contribution >= 4 is 5.82 Å². The monoisotopic (exact) mass is 233 g/mol. The van der Waals surface area contributed by atoms with E-state index < -0.39 is 0 Å². The number of nitrogens with zero attached hydrogens (tertiary/aromatic N) is 1. The lowest BCUT2D eigenvalue weighted by Gasteiger charge is -2.23. The van der Waals surface area contributed by atoms with Crippen molar-refractivity contribution < 1.29 is 0 Å². The van der Waals surface area contributed by atoms with Crippen LogP contribution in [0.4, 0.5) is 5.82 Å². The number of pyridine rings is 1. The van der Waals surface area contributed by atoms with Crippen molar-refractivity contribution in [2.75, 3.05) is 12.3 Å². The molecule has 0 spiro atoms. The minimum absolute atomic E-state index is 0.351. The number of aromatic nitrogens is 1. The van der Waals surface area contributed by atoms with Crippen LogP contribution in [0.25, 0.3) is 0 Å². The summed E-state index contributed by atoms with van der Waals surface area (Å²) in [6.45, 7) is 9.87. The number of hydrogen-bond donors (Lipinski definition) is 2. The van der Waals surface area contributed by atoms with Gasteiger partial charge < -0.3 is 11.1 Å². The van der Waals surface area contributed by atoms with Gasteiger partial charge in [0.25, 0.3) is 0 Å². The first-order chi connectivity index (χ1) is 7.97. The van der Waals surface area contributed by atoms with Crippen molar-refractivity contribution in [2.24, 2.45) is 11.3 Å². The highest BCUT2D eigenvalue weighted by Crippen LogP contribution is 2.58. The first kappa shape index (κ1) is 12.4. The third kappa shape index (κ3) is 2.29. The molecule has 3 nitrogen and oxygen atoms in total. The van der Waals surface area contributed by atoms with Crippen LogP contribution in [0.3, 0.4) is 0 Å². The SMILES string of the molecule is CCNC(c1c(C)ccnc1N)C1CC1(C)C. The highest BCUT2D eigenvalue weighted by Gasteiger charge is 2.50. The molecule has 1 heterocycles. The largest absolute Gasteiger partial charge is 0.383 e. The molecule has 0 amide bonds. The van der Waals surface area contributed by atoms with Gasteiger partial charge in [0.2, 0.25) is 0 Å². The molecule has 0 aliphatic heterocycles. The molecular formula is C14H23N3. The van der Waals surface area contributed by atoms with E-state index in [0.717, 1.165) is 6.54 Å². The van der Waals surface area contributed by atoms with Gasteiger partial charge in [0.1, 0.15) is 5.82 Å². The van der Waals surface area contributed by atoms with E-state index in [-0.39, 0.29) is 0 Å². The second-order valence-corrected chi connectivity index (χ2v) is 5.76. The van der Waals surface area contributed by atoms with Gasteiger partial charge in [0.05, 0.1) is 0 Å². The fourth-order valence-corrected chi connectivity index (χ4v) is 2.74. The van der Waals surface area contributed by atoms with Gasteiger partial charge >= 0.3 is 0 Å². The van der Waals surface area contributed by atoms with E-state index in [4.69, 9.17) is 5.73 Å². The molecule has 0 aromatic carbocycles. The van der Waals surface area contributed by atoms with Gasteiger partial charge in [-0.2, -0.15) is 0 Å². The third-order valence-corrected chi connectivity index (χ3v) is 3.97. The highest BCUT2D eigenvalue weighted by molar-refractivity contribution is 5.47. The molecule has 1 fully saturated rings. The Bertz CT molecular complexity index is 392. The van der Waals surface area contributed by atoms with E-state index >= 15 is 0 Å². The van der Waals surface area contributed by atoms with E-state index in [1.54, 1.807) is 6.20 Å². The Labute approximate surface area is 104 Å². The second kappa shape index (κ2) is 4.30. The lowest BCUT2D eigenvalue weighted by Crippen LogP contribution is -2.26. The van der Waals surface area contributed by atoms with E-state index in [0.29, 0.717) is 23.2 Å². The topological polar surface area (TPSA) is 50.9 Å². The first-order valence-corrected chi connectivity index (χ1v) is 6.41. The van der Waals surface area contributed by atoms with Crippen molar-refractivity contribution in [3.05, 3.63) is 23.4 Å². The predicted octanol–water partition coefficient (Wildman–Crippen LogP) is 2.67. The van der Waals surface area contributed by atoms with Gasteiger partial charge in [-0.15, -0.1) is 0 Å². The molecule has 2 atom stereocenters. The predicted molar refractivity (Wildman–Crippen MR) is 71.7 cm³/mol. The van der Waals surface area contributed by atoms with E-state index in [2.05, 4.69) is 38.0 Å². The maximum Gasteiger partial charge on any atom is 0.128 e. The Morgan fingerprint density at radius 3 is 2.71 bits per heavy atom. The summed E-state index contributed by atoms with van der Waals surface area (Å²) in [6.07, 6.45) is 3.05. The molecular weight excluding hydrogens is 210 g/mol. The maximum absolute atomic E-state index is 6.06. The molecule has 1 aromatic rings. The fourth-order valence-electron chi connectivity index (χ4n) is 2.74. The Kier molecular flexibility index (Phi) is 3.13. The van der Waals surface area contributed by atoms with Crippen LogP contribution in [0.1, 0.15) is 44.4 Å². The molecule has 17 heavy (non-hydrogen) atoms. The van der Waals surface area contributed by atoms with Gasteiger partial charge in [-0.3, -0.25) is 0 Å². The number of anilines is 1. The summed E-state index contributed by atoms with van der Waals surface area (Å²) in [5.41, 5.74) is 8.93. The van der Waals surface area contributed by atoms with Gasteiger partial charge in [0.15, 0.2) is 0 Å². The summed E-state index contributed by atoms with van der Waals surface area (Å²) >= 11 is 0. The second-order valence-electron chi connectivity index (χ2n) is 5.76. The number of rotatable bonds is 4. The van der Waals surface area contributed by atoms with Crippen molar-refractivity contribution in [1.29, 1.82) is 0 Å². The Hall–Kier alpha value is -1.09. The number of nitrogen functional groups attached to an aromatic ring is 1. The summed E-state index contributed by atoms with van der Waals surface area (Å²) in [5, 5.41) is 3.58. The Morgan fingerprint density at radius 2 is 2.24 bits per heavy atom. The molecule has 1 aliphatic rings. The fraction of sp³-hybridized carbons (Fsp3) is 0.643. The molecule has 0 bridgehead atoms. The normalized spacial score (nSPS) is 23.4.